The van der Waals surface area contributed by atoms with Gasteiger partial charge < -0.3 is 14.9 Å². The zero-order chi connectivity index (χ0) is 33.2. The van der Waals surface area contributed by atoms with Crippen LogP contribution in [0.3, 0.4) is 0 Å². The van der Waals surface area contributed by atoms with Crippen molar-refractivity contribution >= 4 is 34.1 Å². The highest BCUT2D eigenvalue weighted by molar-refractivity contribution is 6.38. The van der Waals surface area contributed by atoms with E-state index in [2.05, 4.69) is 21.4 Å². The molecule has 2 aliphatic heterocycles. The average Bonchev–Trinajstić information content (AvgIpc) is 3.01. The number of aromatic hydroxyl groups is 1. The van der Waals surface area contributed by atoms with Gasteiger partial charge in [0.1, 0.15) is 23.7 Å². The Hall–Kier alpha value is -4.31. The summed E-state index contributed by atoms with van der Waals surface area (Å²) in [4.78, 5) is 40.6. The van der Waals surface area contributed by atoms with Gasteiger partial charge in [0, 0.05) is 41.7 Å². The Bertz CT molecular complexity index is 1930. The molecule has 2 aliphatic rings. The Morgan fingerprint density at radius 1 is 1.07 bits per heavy atom. The second-order valence-corrected chi connectivity index (χ2v) is 13.1. The van der Waals surface area contributed by atoms with Crippen molar-refractivity contribution in [1.82, 2.24) is 19.4 Å². The molecule has 6 rings (SSSR count). The van der Waals surface area contributed by atoms with Gasteiger partial charge in [0.05, 0.1) is 38.9 Å². The lowest BCUT2D eigenvalue weighted by Gasteiger charge is -2.49. The molecule has 2 atom stereocenters. The number of phenolic OH excluding ortho intramolecular Hbond substituents is 1. The van der Waals surface area contributed by atoms with E-state index in [1.165, 1.54) is 35.2 Å². The predicted molar refractivity (Wildman–Crippen MR) is 176 cm³/mol. The van der Waals surface area contributed by atoms with Gasteiger partial charge in [0.2, 0.25) is 5.91 Å². The molecule has 240 valence electrons. The van der Waals surface area contributed by atoms with Gasteiger partial charge in [0.15, 0.2) is 0 Å². The third-order valence-corrected chi connectivity index (χ3v) is 9.54. The first-order valence-corrected chi connectivity index (χ1v) is 15.9. The molecule has 4 heterocycles. The third kappa shape index (κ3) is 4.85. The average molecular weight is 648 g/mol. The van der Waals surface area contributed by atoms with Gasteiger partial charge in [-0.1, -0.05) is 51.9 Å². The topological polar surface area (TPSA) is 91.6 Å². The predicted octanol–water partition coefficient (Wildman–Crippen LogP) is 6.87. The van der Waals surface area contributed by atoms with E-state index in [4.69, 9.17) is 11.6 Å². The number of halogens is 3. The molecule has 46 heavy (non-hydrogen) atoms. The number of nitrogens with zero attached hydrogens (tertiary/aromatic N) is 5. The fraction of sp³-hybridized carbons (Fsp3) is 0.371. The number of hydrogen-bond donors (Lipinski definition) is 1. The highest BCUT2D eigenvalue weighted by Gasteiger charge is 2.40. The summed E-state index contributed by atoms with van der Waals surface area (Å²) in [5, 5.41) is 10.8. The molecule has 1 saturated heterocycles. The summed E-state index contributed by atoms with van der Waals surface area (Å²) in [6, 6.07) is 4.61. The first kappa shape index (κ1) is 31.7. The fourth-order valence-electron chi connectivity index (χ4n) is 7.04. The van der Waals surface area contributed by atoms with E-state index in [9.17, 15) is 14.7 Å². The third-order valence-electron chi connectivity index (χ3n) is 9.17. The summed E-state index contributed by atoms with van der Waals surface area (Å²) in [6.45, 7) is 14.2. The number of anilines is 1. The number of pyridine rings is 1. The van der Waals surface area contributed by atoms with Gasteiger partial charge in [-0.2, -0.15) is 0 Å². The molecule has 0 bridgehead atoms. The van der Waals surface area contributed by atoms with E-state index in [-0.39, 0.29) is 51.5 Å². The number of fused-ring (bicyclic) bond motifs is 5. The van der Waals surface area contributed by atoms with Gasteiger partial charge >= 0.3 is 0 Å². The summed E-state index contributed by atoms with van der Waals surface area (Å²) in [5.74, 6) is -2.62. The number of piperazine rings is 1. The number of rotatable bonds is 5. The van der Waals surface area contributed by atoms with Crippen LogP contribution in [0.15, 0.2) is 48.0 Å². The van der Waals surface area contributed by atoms with Gasteiger partial charge in [-0.25, -0.2) is 18.7 Å². The maximum atomic E-state index is 16.4. The highest BCUT2D eigenvalue weighted by atomic mass is 35.5. The zero-order valence-electron chi connectivity index (χ0n) is 26.4. The minimum Gasteiger partial charge on any atom is -0.507 e. The minimum atomic E-state index is -0.863. The molecule has 0 radical (unpaired) electrons. The van der Waals surface area contributed by atoms with Crippen LogP contribution >= 0.6 is 11.6 Å². The van der Waals surface area contributed by atoms with Crippen LogP contribution in [0.25, 0.3) is 27.7 Å². The first-order chi connectivity index (χ1) is 21.9. The van der Waals surface area contributed by atoms with E-state index >= 15 is 8.78 Å². The van der Waals surface area contributed by atoms with Gasteiger partial charge in [-0.3, -0.25) is 14.2 Å². The second kappa shape index (κ2) is 11.8. The number of amides is 1. The van der Waals surface area contributed by atoms with Crippen LogP contribution in [0, 0.1) is 11.6 Å². The maximum Gasteiger partial charge on any atom is 0.261 e. The number of benzene rings is 2. The van der Waals surface area contributed by atoms with E-state index in [1.54, 1.807) is 4.90 Å². The fourth-order valence-corrected chi connectivity index (χ4v) is 7.41. The Morgan fingerprint density at radius 3 is 2.35 bits per heavy atom. The maximum absolute atomic E-state index is 16.4. The number of phenols is 1. The second-order valence-electron chi connectivity index (χ2n) is 12.7. The molecule has 0 spiro atoms. The van der Waals surface area contributed by atoms with Gasteiger partial charge in [0.25, 0.3) is 5.56 Å². The van der Waals surface area contributed by atoms with Crippen LogP contribution in [0.4, 0.5) is 14.5 Å². The van der Waals surface area contributed by atoms with Crippen LogP contribution in [0.2, 0.25) is 5.02 Å². The Kier molecular flexibility index (Phi) is 8.13. The van der Waals surface area contributed by atoms with Crippen LogP contribution in [0.5, 0.6) is 5.75 Å². The van der Waals surface area contributed by atoms with E-state index in [0.717, 1.165) is 6.07 Å². The largest absolute Gasteiger partial charge is 0.507 e. The van der Waals surface area contributed by atoms with Crippen molar-refractivity contribution in [2.75, 3.05) is 18.0 Å². The number of hydrogen-bond acceptors (Lipinski definition) is 6. The molecule has 1 amide bonds. The molecule has 1 fully saturated rings. The Morgan fingerprint density at radius 2 is 1.74 bits per heavy atom. The Balaban J connectivity index is 1.77. The molecular formula is C35H36ClF2N5O3. The van der Waals surface area contributed by atoms with Gasteiger partial charge in [-0.15, -0.1) is 0 Å². The normalized spacial score (nSPS) is 17.9. The number of carbonyl (C=O) groups excluding carboxylic acids is 1. The van der Waals surface area contributed by atoms with Crippen molar-refractivity contribution in [3.8, 4) is 22.6 Å². The molecule has 0 aliphatic carbocycles. The van der Waals surface area contributed by atoms with Crippen LogP contribution in [0.1, 0.15) is 69.8 Å². The van der Waals surface area contributed by atoms with Crippen molar-refractivity contribution < 1.29 is 18.7 Å². The van der Waals surface area contributed by atoms with Crippen LogP contribution in [-0.2, 0) is 11.2 Å². The molecule has 0 saturated carbocycles. The molecule has 2 aromatic carbocycles. The smallest absolute Gasteiger partial charge is 0.261 e. The van der Waals surface area contributed by atoms with Crippen molar-refractivity contribution in [2.24, 2.45) is 0 Å². The molecular weight excluding hydrogens is 612 g/mol. The van der Waals surface area contributed by atoms with Crippen LogP contribution < -0.4 is 10.5 Å². The highest BCUT2D eigenvalue weighted by Crippen LogP contribution is 2.47. The summed E-state index contributed by atoms with van der Waals surface area (Å²) in [6.07, 6.45) is 3.75. The number of aromatic nitrogens is 3. The van der Waals surface area contributed by atoms with E-state index in [1.807, 2.05) is 34.6 Å². The molecule has 8 nitrogen and oxygen atoms in total. The number of carbonyl (C=O) groups is 1. The minimum absolute atomic E-state index is 0.122. The van der Waals surface area contributed by atoms with Crippen molar-refractivity contribution in [3.63, 3.8) is 0 Å². The van der Waals surface area contributed by atoms with Crippen molar-refractivity contribution in [3.05, 3.63) is 87.2 Å². The summed E-state index contributed by atoms with van der Waals surface area (Å²) in [5.41, 5.74) is 1.77. The zero-order valence-corrected chi connectivity index (χ0v) is 27.2. The summed E-state index contributed by atoms with van der Waals surface area (Å²) >= 11 is 7.15. The molecule has 4 aromatic rings. The molecule has 11 heteroatoms. The Labute approximate surface area is 271 Å². The summed E-state index contributed by atoms with van der Waals surface area (Å²) < 4.78 is 33.2. The molecule has 2 aromatic heterocycles. The molecule has 2 unspecified atom stereocenters. The lowest BCUT2D eigenvalue weighted by Crippen LogP contribution is -2.60. The SMILES string of the molecule is C=CC(=O)N1CC2CCc3c(c4cc(F)c(-c5c(O)cccc5F)c(Cl)c4n(-c4c(C(C)C)ncnc4C(C)C)c3=O)N2CC1C. The van der Waals surface area contributed by atoms with Crippen molar-refractivity contribution in [2.45, 2.75) is 71.4 Å². The van der Waals surface area contributed by atoms with E-state index < -0.39 is 22.9 Å². The first-order valence-electron chi connectivity index (χ1n) is 15.5. The summed E-state index contributed by atoms with van der Waals surface area (Å²) in [7, 11) is 0. The standard InChI is InChI=1S/C35H36ClF2N5O3/c1-7-26(45)41-15-20-11-12-21-32(42(20)14-19(41)6)22-13-24(38)28(27-23(37)9-8-10-25(27)44)29(36)33(22)43(35(21)46)34-30(17(2)3)39-16-40-31(34)18(4)5/h7-10,13,16-20,44H,1,11-12,14-15H2,2-6H3. The van der Waals surface area contributed by atoms with Crippen LogP contribution in [-0.4, -0.2) is 55.6 Å². The molecule has 1 N–H and O–H groups in total. The van der Waals surface area contributed by atoms with E-state index in [0.29, 0.717) is 59.6 Å². The van der Waals surface area contributed by atoms with Crippen molar-refractivity contribution in [1.29, 1.82) is 0 Å². The lowest BCUT2D eigenvalue weighted by molar-refractivity contribution is -0.129. The van der Waals surface area contributed by atoms with Gasteiger partial charge in [-0.05, 0) is 55.9 Å². The quantitative estimate of drug-likeness (QED) is 0.238. The monoisotopic (exact) mass is 647 g/mol. The lowest BCUT2D eigenvalue weighted by atomic mass is 9.89.